The zero-order valence-electron chi connectivity index (χ0n) is 8.59. The van der Waals surface area contributed by atoms with Gasteiger partial charge in [0.15, 0.2) is 0 Å². The fourth-order valence-electron chi connectivity index (χ4n) is 1.64. The van der Waals surface area contributed by atoms with E-state index in [-0.39, 0.29) is 0 Å². The number of rotatable bonds is 6. The van der Waals surface area contributed by atoms with Crippen molar-refractivity contribution in [1.82, 2.24) is 15.5 Å². The fraction of sp³-hybridized carbons (Fsp3) is 0.889. The van der Waals surface area contributed by atoms with E-state index in [1.54, 1.807) is 0 Å². The molecule has 14 heavy (non-hydrogen) atoms. The second kappa shape index (κ2) is 6.62. The standard InChI is InChI=1S/C9H20N4O/c10-9(14)12-4-3-11-5-8-13-6-1-2-7-13/h11H,1-8H2,(H3,10,12,14). The molecule has 0 bridgehead atoms. The number of nitrogens with two attached hydrogens (primary N) is 1. The van der Waals surface area contributed by atoms with Crippen molar-refractivity contribution in [1.29, 1.82) is 0 Å². The maximum atomic E-state index is 10.3. The lowest BCUT2D eigenvalue weighted by atomic mass is 10.4. The van der Waals surface area contributed by atoms with Crippen LogP contribution in [-0.2, 0) is 0 Å². The van der Waals surface area contributed by atoms with Gasteiger partial charge in [0.25, 0.3) is 0 Å². The van der Waals surface area contributed by atoms with E-state index in [9.17, 15) is 4.79 Å². The number of nitrogens with one attached hydrogen (secondary N) is 2. The van der Waals surface area contributed by atoms with Gasteiger partial charge in [0.2, 0.25) is 0 Å². The molecule has 5 heteroatoms. The van der Waals surface area contributed by atoms with Crippen molar-refractivity contribution in [2.24, 2.45) is 5.73 Å². The van der Waals surface area contributed by atoms with Gasteiger partial charge < -0.3 is 21.3 Å². The molecule has 0 spiro atoms. The van der Waals surface area contributed by atoms with E-state index < -0.39 is 6.03 Å². The van der Waals surface area contributed by atoms with Gasteiger partial charge in [0.1, 0.15) is 0 Å². The summed E-state index contributed by atoms with van der Waals surface area (Å²) >= 11 is 0. The highest BCUT2D eigenvalue weighted by Crippen LogP contribution is 2.05. The number of likely N-dealkylation sites (tertiary alicyclic amines) is 1. The van der Waals surface area contributed by atoms with Crippen LogP contribution in [0.4, 0.5) is 4.79 Å². The molecule has 1 fully saturated rings. The number of primary amides is 1. The highest BCUT2D eigenvalue weighted by Gasteiger charge is 2.09. The minimum atomic E-state index is -0.452. The van der Waals surface area contributed by atoms with Crippen LogP contribution in [0.2, 0.25) is 0 Å². The van der Waals surface area contributed by atoms with Crippen molar-refractivity contribution in [3.63, 3.8) is 0 Å². The highest BCUT2D eigenvalue weighted by atomic mass is 16.2. The van der Waals surface area contributed by atoms with Crippen LogP contribution < -0.4 is 16.4 Å². The molecule has 0 aliphatic carbocycles. The molecule has 0 saturated carbocycles. The predicted molar refractivity (Wildman–Crippen MR) is 56.1 cm³/mol. The summed E-state index contributed by atoms with van der Waals surface area (Å²) in [5.74, 6) is 0. The number of amides is 2. The zero-order valence-corrected chi connectivity index (χ0v) is 8.59. The predicted octanol–water partition coefficient (Wildman–Crippen LogP) is -0.660. The zero-order chi connectivity index (χ0) is 10.2. The van der Waals surface area contributed by atoms with E-state index in [1.807, 2.05) is 0 Å². The number of urea groups is 1. The van der Waals surface area contributed by atoms with Gasteiger partial charge in [-0.2, -0.15) is 0 Å². The molecule has 0 aromatic carbocycles. The summed E-state index contributed by atoms with van der Waals surface area (Å²) in [4.78, 5) is 12.8. The topological polar surface area (TPSA) is 70.4 Å². The lowest BCUT2D eigenvalue weighted by Crippen LogP contribution is -2.37. The molecule has 5 nitrogen and oxygen atoms in total. The number of hydrogen-bond acceptors (Lipinski definition) is 3. The lowest BCUT2D eigenvalue weighted by molar-refractivity contribution is 0.249. The van der Waals surface area contributed by atoms with E-state index in [0.29, 0.717) is 6.54 Å². The van der Waals surface area contributed by atoms with Gasteiger partial charge in [0, 0.05) is 26.2 Å². The van der Waals surface area contributed by atoms with Gasteiger partial charge in [-0.15, -0.1) is 0 Å². The molecule has 0 unspecified atom stereocenters. The van der Waals surface area contributed by atoms with Crippen LogP contribution in [0.5, 0.6) is 0 Å². The molecule has 82 valence electrons. The third-order valence-electron chi connectivity index (χ3n) is 2.40. The van der Waals surface area contributed by atoms with Gasteiger partial charge in [-0.3, -0.25) is 0 Å². The van der Waals surface area contributed by atoms with E-state index in [1.165, 1.54) is 25.9 Å². The first-order valence-corrected chi connectivity index (χ1v) is 5.25. The van der Waals surface area contributed by atoms with Crippen molar-refractivity contribution in [2.45, 2.75) is 12.8 Å². The van der Waals surface area contributed by atoms with Crippen molar-refractivity contribution < 1.29 is 4.79 Å². The Balaban J connectivity index is 1.82. The molecule has 1 saturated heterocycles. The van der Waals surface area contributed by atoms with Crippen LogP contribution in [0, 0.1) is 0 Å². The first kappa shape index (κ1) is 11.3. The number of nitrogens with zero attached hydrogens (tertiary/aromatic N) is 1. The quantitative estimate of drug-likeness (QED) is 0.499. The fourth-order valence-corrected chi connectivity index (χ4v) is 1.64. The maximum absolute atomic E-state index is 10.3. The molecule has 1 rings (SSSR count). The van der Waals surface area contributed by atoms with Crippen molar-refractivity contribution in [3.05, 3.63) is 0 Å². The average molecular weight is 200 g/mol. The third kappa shape index (κ3) is 5.04. The van der Waals surface area contributed by atoms with Gasteiger partial charge in [-0.25, -0.2) is 4.79 Å². The Hall–Kier alpha value is -0.810. The van der Waals surface area contributed by atoms with Gasteiger partial charge in [0.05, 0.1) is 0 Å². The number of hydrogen-bond donors (Lipinski definition) is 3. The maximum Gasteiger partial charge on any atom is 0.312 e. The van der Waals surface area contributed by atoms with Crippen LogP contribution in [0.1, 0.15) is 12.8 Å². The number of carbonyl (C=O) groups excluding carboxylic acids is 1. The summed E-state index contributed by atoms with van der Waals surface area (Å²) in [5.41, 5.74) is 4.92. The van der Waals surface area contributed by atoms with E-state index in [4.69, 9.17) is 5.73 Å². The summed E-state index contributed by atoms with van der Waals surface area (Å²) in [6.45, 7) is 5.96. The third-order valence-corrected chi connectivity index (χ3v) is 2.40. The Kier molecular flexibility index (Phi) is 5.32. The molecule has 4 N–H and O–H groups in total. The Morgan fingerprint density at radius 3 is 2.57 bits per heavy atom. The molecule has 0 aromatic rings. The molecular weight excluding hydrogens is 180 g/mol. The van der Waals surface area contributed by atoms with Crippen molar-refractivity contribution in [3.8, 4) is 0 Å². The molecule has 2 amide bonds. The SMILES string of the molecule is NC(=O)NCCNCCN1CCCC1. The number of carbonyl (C=O) groups is 1. The summed E-state index contributed by atoms with van der Waals surface area (Å²) in [7, 11) is 0. The van der Waals surface area contributed by atoms with Crippen LogP contribution in [0.15, 0.2) is 0 Å². The minimum absolute atomic E-state index is 0.452. The van der Waals surface area contributed by atoms with Crippen molar-refractivity contribution >= 4 is 6.03 Å². The first-order chi connectivity index (χ1) is 6.79. The Morgan fingerprint density at radius 2 is 1.93 bits per heavy atom. The normalized spacial score (nSPS) is 17.1. The summed E-state index contributed by atoms with van der Waals surface area (Å²) in [6.07, 6.45) is 2.67. The van der Waals surface area contributed by atoms with Crippen LogP contribution in [-0.4, -0.2) is 50.2 Å². The lowest BCUT2D eigenvalue weighted by Gasteiger charge is -2.14. The molecular formula is C9H20N4O. The molecule has 0 atom stereocenters. The van der Waals surface area contributed by atoms with E-state index >= 15 is 0 Å². The largest absolute Gasteiger partial charge is 0.352 e. The second-order valence-corrected chi connectivity index (χ2v) is 3.59. The monoisotopic (exact) mass is 200 g/mol. The average Bonchev–Trinajstić information content (AvgIpc) is 2.63. The minimum Gasteiger partial charge on any atom is -0.352 e. The summed E-state index contributed by atoms with van der Waals surface area (Å²) in [5, 5.41) is 5.79. The van der Waals surface area contributed by atoms with Crippen LogP contribution >= 0.6 is 0 Å². The summed E-state index contributed by atoms with van der Waals surface area (Å²) in [6, 6.07) is -0.452. The van der Waals surface area contributed by atoms with Gasteiger partial charge >= 0.3 is 6.03 Å². The van der Waals surface area contributed by atoms with Crippen LogP contribution in [0.25, 0.3) is 0 Å². The molecule has 1 heterocycles. The van der Waals surface area contributed by atoms with Crippen molar-refractivity contribution in [2.75, 3.05) is 39.3 Å². The molecule has 0 aromatic heterocycles. The Morgan fingerprint density at radius 1 is 1.21 bits per heavy atom. The molecule has 0 radical (unpaired) electrons. The van der Waals surface area contributed by atoms with Gasteiger partial charge in [-0.05, 0) is 25.9 Å². The van der Waals surface area contributed by atoms with E-state index in [2.05, 4.69) is 15.5 Å². The first-order valence-electron chi connectivity index (χ1n) is 5.25. The summed E-state index contributed by atoms with van der Waals surface area (Å²) < 4.78 is 0. The van der Waals surface area contributed by atoms with Gasteiger partial charge in [-0.1, -0.05) is 0 Å². The smallest absolute Gasteiger partial charge is 0.312 e. The Bertz CT molecular complexity index is 168. The van der Waals surface area contributed by atoms with E-state index in [0.717, 1.165) is 19.6 Å². The Labute approximate surface area is 85.0 Å². The molecule has 1 aliphatic rings. The highest BCUT2D eigenvalue weighted by molar-refractivity contribution is 5.71. The second-order valence-electron chi connectivity index (χ2n) is 3.59. The molecule has 1 aliphatic heterocycles. The van der Waals surface area contributed by atoms with Crippen LogP contribution in [0.3, 0.4) is 0 Å².